The molecule has 0 aliphatic heterocycles. The molecule has 0 spiro atoms. The highest BCUT2D eigenvalue weighted by Crippen LogP contribution is 2.34. The maximum atomic E-state index is 14.1. The standard InChI is InChI=1S/C17H21FN2O/c1-2-11-8-16-13(9-15(11)18)14(17(19)21)10-20(16)12-6-4-3-5-7-12/h8-10,12H,2-7H2,1H3,(H2,19,21). The fourth-order valence-corrected chi connectivity index (χ4v) is 3.44. The van der Waals surface area contributed by atoms with E-state index in [2.05, 4.69) is 4.57 Å². The summed E-state index contributed by atoms with van der Waals surface area (Å²) in [5.41, 5.74) is 7.52. The van der Waals surface area contributed by atoms with Crippen molar-refractivity contribution in [3.63, 3.8) is 0 Å². The Bertz CT molecular complexity index is 684. The van der Waals surface area contributed by atoms with Gasteiger partial charge in [-0.25, -0.2) is 4.39 Å². The molecule has 0 unspecified atom stereocenters. The van der Waals surface area contributed by atoms with Crippen LogP contribution in [-0.4, -0.2) is 10.5 Å². The van der Waals surface area contributed by atoms with Gasteiger partial charge in [-0.05, 0) is 37.0 Å². The first-order valence-corrected chi connectivity index (χ1v) is 7.74. The molecule has 2 aromatic rings. The van der Waals surface area contributed by atoms with Crippen molar-refractivity contribution in [1.82, 2.24) is 4.57 Å². The molecular weight excluding hydrogens is 267 g/mol. The van der Waals surface area contributed by atoms with Gasteiger partial charge in [-0.2, -0.15) is 0 Å². The van der Waals surface area contributed by atoms with E-state index in [4.69, 9.17) is 5.73 Å². The minimum absolute atomic E-state index is 0.256. The van der Waals surface area contributed by atoms with Crippen LogP contribution in [0.25, 0.3) is 10.9 Å². The number of rotatable bonds is 3. The van der Waals surface area contributed by atoms with Crippen LogP contribution in [0.4, 0.5) is 4.39 Å². The van der Waals surface area contributed by atoms with Crippen molar-refractivity contribution in [1.29, 1.82) is 0 Å². The Morgan fingerprint density at radius 3 is 2.67 bits per heavy atom. The summed E-state index contributed by atoms with van der Waals surface area (Å²) in [6, 6.07) is 3.74. The van der Waals surface area contributed by atoms with Crippen molar-refractivity contribution in [3.8, 4) is 0 Å². The minimum atomic E-state index is -0.488. The van der Waals surface area contributed by atoms with Crippen LogP contribution in [-0.2, 0) is 6.42 Å². The van der Waals surface area contributed by atoms with Crippen LogP contribution in [0.5, 0.6) is 0 Å². The lowest BCUT2D eigenvalue weighted by molar-refractivity contribution is 0.100. The number of nitrogens with two attached hydrogens (primary N) is 1. The maximum Gasteiger partial charge on any atom is 0.250 e. The molecule has 1 aromatic carbocycles. The van der Waals surface area contributed by atoms with Gasteiger partial charge in [0.15, 0.2) is 0 Å². The second-order valence-electron chi connectivity index (χ2n) is 5.92. The zero-order valence-electron chi connectivity index (χ0n) is 12.4. The van der Waals surface area contributed by atoms with Gasteiger partial charge in [0.05, 0.1) is 5.56 Å². The van der Waals surface area contributed by atoms with Gasteiger partial charge in [-0.15, -0.1) is 0 Å². The van der Waals surface area contributed by atoms with Crippen molar-refractivity contribution in [2.75, 3.05) is 0 Å². The van der Waals surface area contributed by atoms with E-state index in [0.29, 0.717) is 29.0 Å². The molecule has 4 heteroatoms. The van der Waals surface area contributed by atoms with E-state index in [-0.39, 0.29) is 5.82 Å². The summed E-state index contributed by atoms with van der Waals surface area (Å²) < 4.78 is 16.2. The fraction of sp³-hybridized carbons (Fsp3) is 0.471. The average molecular weight is 288 g/mol. The number of nitrogens with zero attached hydrogens (tertiary/aromatic N) is 1. The predicted molar refractivity (Wildman–Crippen MR) is 81.9 cm³/mol. The Balaban J connectivity index is 2.20. The van der Waals surface area contributed by atoms with Crippen molar-refractivity contribution < 1.29 is 9.18 Å². The number of hydrogen-bond donors (Lipinski definition) is 1. The highest BCUT2D eigenvalue weighted by Gasteiger charge is 2.21. The smallest absolute Gasteiger partial charge is 0.250 e. The molecule has 0 bridgehead atoms. The fourth-order valence-electron chi connectivity index (χ4n) is 3.44. The molecule has 2 N–H and O–H groups in total. The molecule has 0 radical (unpaired) electrons. The van der Waals surface area contributed by atoms with E-state index in [9.17, 15) is 9.18 Å². The average Bonchev–Trinajstić information content (AvgIpc) is 2.85. The number of aromatic nitrogens is 1. The highest BCUT2D eigenvalue weighted by atomic mass is 19.1. The van der Waals surface area contributed by atoms with Crippen LogP contribution in [0.2, 0.25) is 0 Å². The van der Waals surface area contributed by atoms with E-state index in [0.717, 1.165) is 18.4 Å². The summed E-state index contributed by atoms with van der Waals surface area (Å²) in [6.07, 6.45) is 8.37. The Labute approximate surface area is 123 Å². The molecule has 1 amide bonds. The molecule has 0 atom stereocenters. The third-order valence-electron chi connectivity index (χ3n) is 4.62. The monoisotopic (exact) mass is 288 g/mol. The molecule has 1 aliphatic rings. The van der Waals surface area contributed by atoms with Crippen molar-refractivity contribution in [2.24, 2.45) is 5.73 Å². The highest BCUT2D eigenvalue weighted by molar-refractivity contribution is 6.06. The number of carbonyl (C=O) groups is 1. The summed E-state index contributed by atoms with van der Waals surface area (Å²) in [5, 5.41) is 0.641. The lowest BCUT2D eigenvalue weighted by atomic mass is 9.95. The number of halogens is 1. The first-order chi connectivity index (χ1) is 10.1. The van der Waals surface area contributed by atoms with Crippen LogP contribution in [0.15, 0.2) is 18.3 Å². The summed E-state index contributed by atoms with van der Waals surface area (Å²) in [5.74, 6) is -0.743. The number of hydrogen-bond acceptors (Lipinski definition) is 1. The summed E-state index contributed by atoms with van der Waals surface area (Å²) >= 11 is 0. The molecule has 1 heterocycles. The van der Waals surface area contributed by atoms with Gasteiger partial charge in [0.1, 0.15) is 5.82 Å². The molecule has 1 saturated carbocycles. The molecule has 3 rings (SSSR count). The number of carbonyl (C=O) groups excluding carboxylic acids is 1. The third kappa shape index (κ3) is 2.43. The van der Waals surface area contributed by atoms with Crippen molar-refractivity contribution >= 4 is 16.8 Å². The molecule has 21 heavy (non-hydrogen) atoms. The zero-order valence-corrected chi connectivity index (χ0v) is 12.4. The molecule has 1 fully saturated rings. The Morgan fingerprint density at radius 1 is 1.33 bits per heavy atom. The number of primary amides is 1. The Hall–Kier alpha value is -1.84. The maximum absolute atomic E-state index is 14.1. The van der Waals surface area contributed by atoms with Crippen LogP contribution in [0, 0.1) is 5.82 Å². The minimum Gasteiger partial charge on any atom is -0.366 e. The molecule has 0 saturated heterocycles. The van der Waals surface area contributed by atoms with E-state index in [1.165, 1.54) is 25.3 Å². The lowest BCUT2D eigenvalue weighted by Crippen LogP contribution is -2.13. The zero-order chi connectivity index (χ0) is 15.0. The quantitative estimate of drug-likeness (QED) is 0.913. The predicted octanol–water partition coefficient (Wildman–Crippen LogP) is 3.95. The van der Waals surface area contributed by atoms with Crippen molar-refractivity contribution in [2.45, 2.75) is 51.5 Å². The Kier molecular flexibility index (Phi) is 3.70. The first kappa shape index (κ1) is 14.1. The normalized spacial score (nSPS) is 16.5. The van der Waals surface area contributed by atoms with Crippen LogP contribution in [0.3, 0.4) is 0 Å². The van der Waals surface area contributed by atoms with E-state index in [1.807, 2.05) is 19.2 Å². The van der Waals surface area contributed by atoms with Gasteiger partial charge in [0, 0.05) is 23.1 Å². The van der Waals surface area contributed by atoms with Gasteiger partial charge < -0.3 is 10.3 Å². The molecule has 1 aliphatic carbocycles. The van der Waals surface area contributed by atoms with Crippen LogP contribution in [0.1, 0.15) is 61.0 Å². The summed E-state index contributed by atoms with van der Waals surface area (Å²) in [7, 11) is 0. The van der Waals surface area contributed by atoms with Gasteiger partial charge >= 0.3 is 0 Å². The van der Waals surface area contributed by atoms with Gasteiger partial charge in [-0.1, -0.05) is 26.2 Å². The summed E-state index contributed by atoms with van der Waals surface area (Å²) in [6.45, 7) is 1.94. The SMILES string of the molecule is CCc1cc2c(cc1F)c(C(N)=O)cn2C1CCCCC1. The topological polar surface area (TPSA) is 48.0 Å². The third-order valence-corrected chi connectivity index (χ3v) is 4.62. The molecule has 1 aromatic heterocycles. The number of fused-ring (bicyclic) bond motifs is 1. The number of benzene rings is 1. The number of amides is 1. The molecule has 112 valence electrons. The van der Waals surface area contributed by atoms with E-state index in [1.54, 1.807) is 0 Å². The van der Waals surface area contributed by atoms with Gasteiger partial charge in [0.25, 0.3) is 5.91 Å². The largest absolute Gasteiger partial charge is 0.366 e. The molecule has 3 nitrogen and oxygen atoms in total. The second kappa shape index (κ2) is 5.51. The van der Waals surface area contributed by atoms with Gasteiger partial charge in [0.2, 0.25) is 0 Å². The van der Waals surface area contributed by atoms with Crippen LogP contribution < -0.4 is 5.73 Å². The summed E-state index contributed by atoms with van der Waals surface area (Å²) in [4.78, 5) is 11.7. The van der Waals surface area contributed by atoms with Gasteiger partial charge in [-0.3, -0.25) is 4.79 Å². The van der Waals surface area contributed by atoms with Crippen molar-refractivity contribution in [3.05, 3.63) is 35.3 Å². The van der Waals surface area contributed by atoms with E-state index < -0.39 is 5.91 Å². The second-order valence-corrected chi connectivity index (χ2v) is 5.92. The molecular formula is C17H21FN2O. The Morgan fingerprint density at radius 2 is 2.05 bits per heavy atom. The lowest BCUT2D eigenvalue weighted by Gasteiger charge is -2.24. The first-order valence-electron chi connectivity index (χ1n) is 7.74. The van der Waals surface area contributed by atoms with Crippen LogP contribution >= 0.6 is 0 Å². The number of aryl methyl sites for hydroxylation is 1. The van der Waals surface area contributed by atoms with E-state index >= 15 is 0 Å².